The van der Waals surface area contributed by atoms with Gasteiger partial charge in [-0.2, -0.15) is 5.10 Å². The molecule has 3 aliphatic rings. The molecular formula is C20H30N6O. The number of carbonyl (C=O) groups is 1. The molecule has 3 aliphatic heterocycles. The number of piperidine rings is 1. The number of rotatable bonds is 4. The van der Waals surface area contributed by atoms with Crippen molar-refractivity contribution in [3.05, 3.63) is 34.7 Å². The van der Waals surface area contributed by atoms with Crippen molar-refractivity contribution in [3.8, 4) is 0 Å². The van der Waals surface area contributed by atoms with E-state index in [0.29, 0.717) is 18.5 Å². The number of nitrogens with one attached hydrogen (secondary N) is 1. The summed E-state index contributed by atoms with van der Waals surface area (Å²) in [6, 6.07) is 0.300. The third-order valence-electron chi connectivity index (χ3n) is 6.45. The summed E-state index contributed by atoms with van der Waals surface area (Å²) in [5.41, 5.74) is 5.54. The fourth-order valence-electron chi connectivity index (χ4n) is 4.53. The molecule has 5 rings (SSSR count). The largest absolute Gasteiger partial charge is 0.348 e. The van der Waals surface area contributed by atoms with Crippen LogP contribution in [0.25, 0.3) is 0 Å². The van der Waals surface area contributed by atoms with E-state index >= 15 is 0 Å². The predicted molar refractivity (Wildman–Crippen MR) is 103 cm³/mol. The summed E-state index contributed by atoms with van der Waals surface area (Å²) in [6.07, 6.45) is 4.08. The average Bonchev–Trinajstić information content (AvgIpc) is 2.99. The van der Waals surface area contributed by atoms with Gasteiger partial charge in [-0.3, -0.25) is 14.4 Å². The number of amides is 1. The molecule has 2 atom stereocenters. The van der Waals surface area contributed by atoms with Crippen molar-refractivity contribution in [3.63, 3.8) is 0 Å². The van der Waals surface area contributed by atoms with Gasteiger partial charge in [-0.15, -0.1) is 0 Å². The Morgan fingerprint density at radius 2 is 2.00 bits per heavy atom. The van der Waals surface area contributed by atoms with Gasteiger partial charge in [-0.05, 0) is 52.0 Å². The van der Waals surface area contributed by atoms with Gasteiger partial charge in [-0.1, -0.05) is 0 Å². The number of fused-ring (bicyclic) bond motifs is 4. The highest BCUT2D eigenvalue weighted by atomic mass is 16.2. The minimum atomic E-state index is 0.202. The highest BCUT2D eigenvalue weighted by molar-refractivity contribution is 5.76. The van der Waals surface area contributed by atoms with Crippen molar-refractivity contribution in [1.82, 2.24) is 29.5 Å². The molecule has 3 saturated heterocycles. The molecule has 0 unspecified atom stereocenters. The first-order chi connectivity index (χ1) is 12.9. The average molecular weight is 371 g/mol. The third kappa shape index (κ3) is 3.52. The zero-order chi connectivity index (χ0) is 19.1. The molecule has 7 nitrogen and oxygen atoms in total. The molecule has 0 spiro atoms. The van der Waals surface area contributed by atoms with E-state index in [1.807, 2.05) is 18.5 Å². The van der Waals surface area contributed by atoms with Crippen LogP contribution in [-0.2, 0) is 17.9 Å². The molecule has 27 heavy (non-hydrogen) atoms. The molecule has 0 radical (unpaired) electrons. The molecule has 0 aromatic carbocycles. The summed E-state index contributed by atoms with van der Waals surface area (Å²) < 4.78 is 1.87. The second-order valence-corrected chi connectivity index (χ2v) is 8.27. The maximum absolute atomic E-state index is 13.1. The van der Waals surface area contributed by atoms with Gasteiger partial charge in [0.1, 0.15) is 6.54 Å². The highest BCUT2D eigenvalue weighted by Gasteiger charge is 2.37. The fourth-order valence-corrected chi connectivity index (χ4v) is 4.53. The van der Waals surface area contributed by atoms with Crippen LogP contribution < -0.4 is 0 Å². The maximum Gasteiger partial charge on any atom is 0.244 e. The smallest absolute Gasteiger partial charge is 0.244 e. The molecule has 1 N–H and O–H groups in total. The van der Waals surface area contributed by atoms with Gasteiger partial charge >= 0.3 is 0 Å². The lowest BCUT2D eigenvalue weighted by Gasteiger charge is -2.36. The Bertz CT molecular complexity index is 838. The monoisotopic (exact) mass is 370 g/mol. The number of nitrogens with zero attached hydrogens (tertiary/aromatic N) is 5. The molecule has 2 bridgehead atoms. The van der Waals surface area contributed by atoms with E-state index in [0.717, 1.165) is 55.4 Å². The molecule has 3 fully saturated rings. The minimum absolute atomic E-state index is 0.202. The number of H-pyrrole nitrogens is 1. The lowest BCUT2D eigenvalue weighted by molar-refractivity contribution is -0.136. The second kappa shape index (κ2) is 7.11. The number of aromatic nitrogens is 4. The Labute approximate surface area is 160 Å². The molecule has 2 aromatic heterocycles. The number of imidazole rings is 1. The van der Waals surface area contributed by atoms with Gasteiger partial charge in [0.25, 0.3) is 0 Å². The Balaban J connectivity index is 1.46. The van der Waals surface area contributed by atoms with Crippen molar-refractivity contribution in [2.75, 3.05) is 19.6 Å². The van der Waals surface area contributed by atoms with Crippen LogP contribution in [0, 0.1) is 33.6 Å². The number of hydrogen-bond acceptors (Lipinski definition) is 4. The fraction of sp³-hybridized carbons (Fsp3) is 0.650. The zero-order valence-electron chi connectivity index (χ0n) is 16.8. The van der Waals surface area contributed by atoms with E-state index in [9.17, 15) is 4.79 Å². The standard InChI is InChI=1S/C20H30N6O/c1-13-14(2)23-26(16(13)4)11-20(27)25-8-17-5-6-18(25)9-24(7-17)10-19-15(3)21-12-22-19/h12,17-18H,5-11H2,1-4H3,(H,21,22)/t17-,18+/m0/s1. The van der Waals surface area contributed by atoms with E-state index in [-0.39, 0.29) is 5.91 Å². The van der Waals surface area contributed by atoms with E-state index in [1.54, 1.807) is 6.33 Å². The molecular weight excluding hydrogens is 340 g/mol. The summed E-state index contributed by atoms with van der Waals surface area (Å²) >= 11 is 0. The summed E-state index contributed by atoms with van der Waals surface area (Å²) in [5, 5.41) is 4.55. The van der Waals surface area contributed by atoms with Gasteiger partial charge < -0.3 is 9.88 Å². The Morgan fingerprint density at radius 3 is 2.67 bits per heavy atom. The number of carbonyl (C=O) groups excluding carboxylic acids is 1. The molecule has 1 amide bonds. The van der Waals surface area contributed by atoms with Crippen molar-refractivity contribution in [2.45, 2.75) is 59.7 Å². The highest BCUT2D eigenvalue weighted by Crippen LogP contribution is 2.29. The van der Waals surface area contributed by atoms with Crippen LogP contribution in [0.5, 0.6) is 0 Å². The van der Waals surface area contributed by atoms with Crippen molar-refractivity contribution < 1.29 is 4.79 Å². The van der Waals surface area contributed by atoms with Gasteiger partial charge in [0.15, 0.2) is 0 Å². The molecule has 0 saturated carbocycles. The molecule has 2 aromatic rings. The third-order valence-corrected chi connectivity index (χ3v) is 6.45. The number of aryl methyl sites for hydroxylation is 2. The molecule has 5 heterocycles. The van der Waals surface area contributed by atoms with E-state index in [4.69, 9.17) is 0 Å². The SMILES string of the molecule is Cc1nn(CC(=O)N2C[C@H]3CC[C@@H]2CN(Cc2nc[nH]c2C)C3)c(C)c1C. The van der Waals surface area contributed by atoms with Crippen molar-refractivity contribution >= 4 is 5.91 Å². The van der Waals surface area contributed by atoms with E-state index < -0.39 is 0 Å². The maximum atomic E-state index is 13.1. The summed E-state index contributed by atoms with van der Waals surface area (Å²) in [5.74, 6) is 0.752. The Hall–Kier alpha value is -2.15. The lowest BCUT2D eigenvalue weighted by Crippen LogP contribution is -2.48. The summed E-state index contributed by atoms with van der Waals surface area (Å²) in [4.78, 5) is 25.3. The topological polar surface area (TPSA) is 70.1 Å². The zero-order valence-corrected chi connectivity index (χ0v) is 16.8. The Kier molecular flexibility index (Phi) is 4.80. The quantitative estimate of drug-likeness (QED) is 0.893. The van der Waals surface area contributed by atoms with Crippen LogP contribution in [0.3, 0.4) is 0 Å². The molecule has 7 heteroatoms. The first-order valence-electron chi connectivity index (χ1n) is 9.93. The van der Waals surface area contributed by atoms with Crippen LogP contribution in [0.2, 0.25) is 0 Å². The number of aromatic amines is 1. The van der Waals surface area contributed by atoms with E-state index in [2.05, 4.69) is 38.7 Å². The van der Waals surface area contributed by atoms with Gasteiger partial charge in [0.05, 0.1) is 17.7 Å². The Morgan fingerprint density at radius 1 is 1.19 bits per heavy atom. The summed E-state index contributed by atoms with van der Waals surface area (Å²) in [6.45, 7) is 12.3. The van der Waals surface area contributed by atoms with Crippen LogP contribution in [0.1, 0.15) is 41.2 Å². The normalized spacial score (nSPS) is 23.0. The summed E-state index contributed by atoms with van der Waals surface area (Å²) in [7, 11) is 0. The van der Waals surface area contributed by atoms with Crippen LogP contribution in [0.4, 0.5) is 0 Å². The van der Waals surface area contributed by atoms with Gasteiger partial charge in [0.2, 0.25) is 5.91 Å². The van der Waals surface area contributed by atoms with Crippen molar-refractivity contribution in [2.24, 2.45) is 5.92 Å². The first kappa shape index (κ1) is 18.2. The van der Waals surface area contributed by atoms with Gasteiger partial charge in [0, 0.05) is 43.6 Å². The second-order valence-electron chi connectivity index (χ2n) is 8.27. The van der Waals surface area contributed by atoms with Crippen LogP contribution >= 0.6 is 0 Å². The molecule has 146 valence electrons. The lowest BCUT2D eigenvalue weighted by atomic mass is 9.95. The van der Waals surface area contributed by atoms with Crippen LogP contribution in [-0.4, -0.2) is 61.1 Å². The number of hydrogen-bond donors (Lipinski definition) is 1. The first-order valence-corrected chi connectivity index (χ1v) is 9.93. The van der Waals surface area contributed by atoms with Crippen molar-refractivity contribution in [1.29, 1.82) is 0 Å². The minimum Gasteiger partial charge on any atom is -0.348 e. The van der Waals surface area contributed by atoms with Crippen LogP contribution in [0.15, 0.2) is 6.33 Å². The molecule has 0 aliphatic carbocycles. The van der Waals surface area contributed by atoms with E-state index in [1.165, 1.54) is 12.0 Å². The van der Waals surface area contributed by atoms with Gasteiger partial charge in [-0.25, -0.2) is 4.98 Å². The predicted octanol–water partition coefficient (Wildman–Crippen LogP) is 1.96.